The molecule has 1 aromatic carbocycles. The van der Waals surface area contributed by atoms with Gasteiger partial charge in [-0.05, 0) is 50.5 Å². The van der Waals surface area contributed by atoms with Crippen molar-refractivity contribution in [2.24, 2.45) is 4.99 Å². The molecule has 0 aliphatic carbocycles. The number of hydrogen-bond acceptors (Lipinski definition) is 3. The molecule has 0 saturated carbocycles. The van der Waals surface area contributed by atoms with E-state index >= 15 is 0 Å². The summed E-state index contributed by atoms with van der Waals surface area (Å²) in [6.45, 7) is 11.9. The van der Waals surface area contributed by atoms with Crippen molar-refractivity contribution < 1.29 is 0 Å². The van der Waals surface area contributed by atoms with Crippen molar-refractivity contribution in [2.45, 2.75) is 40.8 Å². The lowest BCUT2D eigenvalue weighted by molar-refractivity contribution is 0.800. The van der Waals surface area contributed by atoms with Crippen molar-refractivity contribution in [1.82, 2.24) is 15.6 Å². The van der Waals surface area contributed by atoms with Crippen LogP contribution in [-0.4, -0.2) is 31.1 Å². The molecule has 2 rings (SSSR count). The maximum absolute atomic E-state index is 4.56. The number of nitrogens with zero attached hydrogens (tertiary/aromatic N) is 3. The Morgan fingerprint density at radius 3 is 2.30 bits per heavy atom. The summed E-state index contributed by atoms with van der Waals surface area (Å²) in [6, 6.07) is 10.7. The number of aryl methyl sites for hydroxylation is 2. The van der Waals surface area contributed by atoms with E-state index < -0.39 is 0 Å². The minimum atomic E-state index is 0. The Morgan fingerprint density at radius 2 is 1.74 bits per heavy atom. The van der Waals surface area contributed by atoms with Gasteiger partial charge in [-0.15, -0.1) is 24.0 Å². The van der Waals surface area contributed by atoms with Gasteiger partial charge in [0.15, 0.2) is 5.96 Å². The van der Waals surface area contributed by atoms with Gasteiger partial charge in [-0.3, -0.25) is 4.99 Å². The van der Waals surface area contributed by atoms with Crippen LogP contribution in [0.1, 0.15) is 36.1 Å². The van der Waals surface area contributed by atoms with Gasteiger partial charge in [0.25, 0.3) is 0 Å². The predicted molar refractivity (Wildman–Crippen MR) is 126 cm³/mol. The molecule has 0 bridgehead atoms. The molecular weight excluding hydrogens is 449 g/mol. The molecular formula is C21H32IN5. The van der Waals surface area contributed by atoms with Crippen LogP contribution < -0.4 is 15.5 Å². The van der Waals surface area contributed by atoms with Crippen LogP contribution in [0, 0.1) is 13.8 Å². The van der Waals surface area contributed by atoms with Gasteiger partial charge < -0.3 is 15.5 Å². The van der Waals surface area contributed by atoms with E-state index in [4.69, 9.17) is 0 Å². The maximum Gasteiger partial charge on any atom is 0.191 e. The number of benzene rings is 1. The highest BCUT2D eigenvalue weighted by Gasteiger charge is 2.04. The monoisotopic (exact) mass is 481 g/mol. The van der Waals surface area contributed by atoms with Crippen LogP contribution in [-0.2, 0) is 13.1 Å². The number of aromatic nitrogens is 1. The van der Waals surface area contributed by atoms with Crippen molar-refractivity contribution in [3.8, 4) is 0 Å². The van der Waals surface area contributed by atoms with E-state index in [2.05, 4.69) is 83.5 Å². The number of pyridine rings is 1. The lowest BCUT2D eigenvalue weighted by atomic mass is 10.1. The van der Waals surface area contributed by atoms with E-state index in [1.54, 1.807) is 7.05 Å². The summed E-state index contributed by atoms with van der Waals surface area (Å²) in [7, 11) is 1.79. The number of guanidine groups is 1. The third-order valence-electron chi connectivity index (χ3n) is 4.52. The Hall–Kier alpha value is -1.83. The van der Waals surface area contributed by atoms with E-state index in [-0.39, 0.29) is 24.0 Å². The largest absolute Gasteiger partial charge is 0.357 e. The number of rotatable bonds is 7. The zero-order valence-corrected chi connectivity index (χ0v) is 19.4. The second kappa shape index (κ2) is 11.8. The summed E-state index contributed by atoms with van der Waals surface area (Å²) in [6.07, 6.45) is 1.93. The van der Waals surface area contributed by atoms with Gasteiger partial charge in [-0.25, -0.2) is 4.98 Å². The van der Waals surface area contributed by atoms with Gasteiger partial charge >= 0.3 is 0 Å². The van der Waals surface area contributed by atoms with Crippen molar-refractivity contribution in [1.29, 1.82) is 0 Å². The van der Waals surface area contributed by atoms with Crippen LogP contribution in [0.2, 0.25) is 0 Å². The third kappa shape index (κ3) is 7.01. The van der Waals surface area contributed by atoms with Gasteiger partial charge in [0.2, 0.25) is 0 Å². The number of anilines is 1. The van der Waals surface area contributed by atoms with Crippen LogP contribution in [0.5, 0.6) is 0 Å². The highest BCUT2D eigenvalue weighted by atomic mass is 127. The molecule has 0 amide bonds. The van der Waals surface area contributed by atoms with Crippen LogP contribution in [0.15, 0.2) is 41.5 Å². The lowest BCUT2D eigenvalue weighted by Gasteiger charge is -2.19. The molecule has 0 unspecified atom stereocenters. The molecule has 2 N–H and O–H groups in total. The summed E-state index contributed by atoms with van der Waals surface area (Å²) in [4.78, 5) is 11.1. The molecule has 27 heavy (non-hydrogen) atoms. The third-order valence-corrected chi connectivity index (χ3v) is 4.52. The van der Waals surface area contributed by atoms with Crippen molar-refractivity contribution in [2.75, 3.05) is 25.0 Å². The van der Waals surface area contributed by atoms with Gasteiger partial charge in [-0.2, -0.15) is 0 Å². The Labute approximate surface area is 180 Å². The normalized spacial score (nSPS) is 10.9. The van der Waals surface area contributed by atoms with E-state index in [0.29, 0.717) is 6.54 Å². The summed E-state index contributed by atoms with van der Waals surface area (Å²) >= 11 is 0. The Kier molecular flexibility index (Phi) is 10.1. The molecule has 6 heteroatoms. The second-order valence-corrected chi connectivity index (χ2v) is 6.41. The predicted octanol–water partition coefficient (Wildman–Crippen LogP) is 4.03. The van der Waals surface area contributed by atoms with E-state index in [1.165, 1.54) is 16.7 Å². The topological polar surface area (TPSA) is 52.5 Å². The first-order valence-electron chi connectivity index (χ1n) is 9.27. The molecule has 148 valence electrons. The molecule has 1 aromatic heterocycles. The smallest absolute Gasteiger partial charge is 0.191 e. The number of aliphatic imine (C=N–C) groups is 1. The summed E-state index contributed by atoms with van der Waals surface area (Å²) < 4.78 is 0. The highest BCUT2D eigenvalue weighted by Crippen LogP contribution is 2.11. The minimum Gasteiger partial charge on any atom is -0.357 e. The van der Waals surface area contributed by atoms with Crippen LogP contribution >= 0.6 is 24.0 Å². The minimum absolute atomic E-state index is 0. The fraction of sp³-hybridized carbons (Fsp3) is 0.429. The maximum atomic E-state index is 4.56. The summed E-state index contributed by atoms with van der Waals surface area (Å²) in [5.74, 6) is 1.81. The zero-order chi connectivity index (χ0) is 18.9. The van der Waals surface area contributed by atoms with Crippen molar-refractivity contribution in [3.05, 3.63) is 58.8 Å². The zero-order valence-electron chi connectivity index (χ0n) is 17.0. The van der Waals surface area contributed by atoms with Crippen molar-refractivity contribution in [3.63, 3.8) is 0 Å². The molecule has 0 fully saturated rings. The summed E-state index contributed by atoms with van der Waals surface area (Å²) in [5.41, 5.74) is 5.00. The summed E-state index contributed by atoms with van der Waals surface area (Å²) in [5, 5.41) is 6.72. The Morgan fingerprint density at radius 1 is 1.04 bits per heavy atom. The highest BCUT2D eigenvalue weighted by molar-refractivity contribution is 14.0. The van der Waals surface area contributed by atoms with Gasteiger partial charge in [-0.1, -0.05) is 29.8 Å². The van der Waals surface area contributed by atoms with E-state index in [0.717, 1.165) is 37.0 Å². The molecule has 0 atom stereocenters. The molecule has 0 saturated heterocycles. The molecule has 0 radical (unpaired) electrons. The first-order chi connectivity index (χ1) is 12.6. The first kappa shape index (κ1) is 23.2. The molecule has 0 aliphatic heterocycles. The van der Waals surface area contributed by atoms with Crippen molar-refractivity contribution >= 4 is 35.8 Å². The molecule has 1 heterocycles. The average molecular weight is 481 g/mol. The molecule has 2 aromatic rings. The average Bonchev–Trinajstić information content (AvgIpc) is 2.65. The van der Waals surface area contributed by atoms with Gasteiger partial charge in [0, 0.05) is 39.4 Å². The fourth-order valence-electron chi connectivity index (χ4n) is 2.89. The molecule has 0 aliphatic rings. The Bertz CT molecular complexity index is 724. The lowest BCUT2D eigenvalue weighted by Crippen LogP contribution is -2.36. The van der Waals surface area contributed by atoms with Crippen LogP contribution in [0.4, 0.5) is 5.82 Å². The number of hydrogen-bond donors (Lipinski definition) is 2. The van der Waals surface area contributed by atoms with Crippen LogP contribution in [0.3, 0.4) is 0 Å². The Balaban J connectivity index is 0.00000364. The fourth-order valence-corrected chi connectivity index (χ4v) is 2.89. The SMILES string of the molecule is CCN(CC)c1ccc(CNC(=NC)NCc2ccc(C)cc2C)cn1.I. The second-order valence-electron chi connectivity index (χ2n) is 6.41. The molecule has 5 nitrogen and oxygen atoms in total. The van der Waals surface area contributed by atoms with E-state index in [9.17, 15) is 0 Å². The number of halogens is 1. The quantitative estimate of drug-likeness (QED) is 0.356. The standard InChI is InChI=1S/C21H31N5.HI/c1-6-26(7-2)20-11-9-18(13-23-20)14-24-21(22-5)25-15-19-10-8-16(3)12-17(19)4;/h8-13H,6-7,14-15H2,1-5H3,(H2,22,24,25);1H. The number of nitrogens with one attached hydrogen (secondary N) is 2. The van der Waals surface area contributed by atoms with E-state index in [1.807, 2.05) is 6.20 Å². The van der Waals surface area contributed by atoms with Gasteiger partial charge in [0.1, 0.15) is 5.82 Å². The van der Waals surface area contributed by atoms with Crippen LogP contribution in [0.25, 0.3) is 0 Å². The van der Waals surface area contributed by atoms with Gasteiger partial charge in [0.05, 0.1) is 0 Å². The molecule has 0 spiro atoms. The first-order valence-corrected chi connectivity index (χ1v) is 9.27.